The minimum atomic E-state index is -0.349. The highest BCUT2D eigenvalue weighted by molar-refractivity contribution is 5.78. The van der Waals surface area contributed by atoms with Gasteiger partial charge < -0.3 is 16.4 Å². The average molecular weight is 201 g/mol. The molecule has 0 rings (SSSR count). The van der Waals surface area contributed by atoms with Gasteiger partial charge >= 0.3 is 0 Å². The van der Waals surface area contributed by atoms with Crippen molar-refractivity contribution in [2.75, 3.05) is 20.1 Å². The van der Waals surface area contributed by atoms with Gasteiger partial charge in [-0.3, -0.25) is 9.59 Å². The lowest BCUT2D eigenvalue weighted by Crippen LogP contribution is -2.39. The summed E-state index contributed by atoms with van der Waals surface area (Å²) in [5.41, 5.74) is 4.80. The summed E-state index contributed by atoms with van der Waals surface area (Å²) in [4.78, 5) is 21.8. The lowest BCUT2D eigenvalue weighted by atomic mass is 9.89. The van der Waals surface area contributed by atoms with Crippen LogP contribution in [0.5, 0.6) is 0 Å². The number of nitrogens with two attached hydrogens (primary N) is 1. The molecule has 0 radical (unpaired) electrons. The van der Waals surface area contributed by atoms with Gasteiger partial charge in [-0.05, 0) is 12.5 Å². The SMILES string of the molecule is CNCC(=O)NCC(C)(C)CC(N)=O. The summed E-state index contributed by atoms with van der Waals surface area (Å²) in [6.07, 6.45) is 0.271. The van der Waals surface area contributed by atoms with Crippen LogP contribution in [-0.4, -0.2) is 32.0 Å². The van der Waals surface area contributed by atoms with E-state index in [9.17, 15) is 9.59 Å². The Morgan fingerprint density at radius 2 is 1.93 bits per heavy atom. The van der Waals surface area contributed by atoms with Crippen molar-refractivity contribution in [2.24, 2.45) is 11.1 Å². The van der Waals surface area contributed by atoms with Crippen LogP contribution >= 0.6 is 0 Å². The first kappa shape index (κ1) is 12.9. The fourth-order valence-electron chi connectivity index (χ4n) is 1.10. The first-order valence-electron chi connectivity index (χ1n) is 4.57. The Bertz CT molecular complexity index is 214. The zero-order valence-corrected chi connectivity index (χ0v) is 9.02. The van der Waals surface area contributed by atoms with Crippen LogP contribution in [0.4, 0.5) is 0 Å². The fraction of sp³-hybridized carbons (Fsp3) is 0.778. The number of carbonyl (C=O) groups excluding carboxylic acids is 2. The molecule has 14 heavy (non-hydrogen) atoms. The Balaban J connectivity index is 3.86. The van der Waals surface area contributed by atoms with Gasteiger partial charge in [0.05, 0.1) is 6.54 Å². The summed E-state index contributed by atoms with van der Waals surface area (Å²) in [5, 5.41) is 5.46. The van der Waals surface area contributed by atoms with E-state index in [1.807, 2.05) is 13.8 Å². The Labute approximate surface area is 84.4 Å². The Kier molecular flexibility index (Phi) is 5.15. The number of primary amides is 1. The fourth-order valence-corrected chi connectivity index (χ4v) is 1.10. The molecule has 0 bridgehead atoms. The molecule has 0 aromatic carbocycles. The van der Waals surface area contributed by atoms with Crippen LogP contribution in [0, 0.1) is 5.41 Å². The summed E-state index contributed by atoms with van der Waals surface area (Å²) in [6.45, 7) is 4.51. The van der Waals surface area contributed by atoms with Crippen molar-refractivity contribution in [3.05, 3.63) is 0 Å². The normalized spacial score (nSPS) is 11.1. The molecule has 0 saturated heterocycles. The summed E-state index contributed by atoms with van der Waals surface area (Å²) in [5.74, 6) is -0.428. The quantitative estimate of drug-likeness (QED) is 0.527. The van der Waals surface area contributed by atoms with Crippen LogP contribution in [0.1, 0.15) is 20.3 Å². The molecule has 0 heterocycles. The molecule has 2 amide bonds. The minimum absolute atomic E-state index is 0.0787. The van der Waals surface area contributed by atoms with E-state index >= 15 is 0 Å². The zero-order valence-electron chi connectivity index (χ0n) is 9.02. The molecule has 0 aromatic heterocycles. The predicted molar refractivity (Wildman–Crippen MR) is 54.5 cm³/mol. The molecule has 0 spiro atoms. The number of hydrogen-bond donors (Lipinski definition) is 3. The van der Waals surface area contributed by atoms with Gasteiger partial charge in [-0.25, -0.2) is 0 Å². The third-order valence-electron chi connectivity index (χ3n) is 1.75. The van der Waals surface area contributed by atoms with E-state index in [1.165, 1.54) is 0 Å². The monoisotopic (exact) mass is 201 g/mol. The highest BCUT2D eigenvalue weighted by Crippen LogP contribution is 2.17. The van der Waals surface area contributed by atoms with Crippen LogP contribution in [0.2, 0.25) is 0 Å². The lowest BCUT2D eigenvalue weighted by Gasteiger charge is -2.23. The number of amides is 2. The number of hydrogen-bond acceptors (Lipinski definition) is 3. The smallest absolute Gasteiger partial charge is 0.233 e. The third kappa shape index (κ3) is 6.42. The molecule has 0 fully saturated rings. The van der Waals surface area contributed by atoms with Crippen molar-refractivity contribution in [1.82, 2.24) is 10.6 Å². The second kappa shape index (κ2) is 5.59. The van der Waals surface area contributed by atoms with E-state index in [0.717, 1.165) is 0 Å². The van der Waals surface area contributed by atoms with Gasteiger partial charge in [-0.1, -0.05) is 13.8 Å². The van der Waals surface area contributed by atoms with Crippen LogP contribution in [-0.2, 0) is 9.59 Å². The minimum Gasteiger partial charge on any atom is -0.370 e. The maximum absolute atomic E-state index is 11.1. The van der Waals surface area contributed by atoms with Crippen molar-refractivity contribution in [1.29, 1.82) is 0 Å². The average Bonchev–Trinajstić information content (AvgIpc) is 1.99. The molecule has 4 N–H and O–H groups in total. The van der Waals surface area contributed by atoms with E-state index in [1.54, 1.807) is 7.05 Å². The summed E-state index contributed by atoms with van der Waals surface area (Å²) in [7, 11) is 1.70. The van der Waals surface area contributed by atoms with Crippen molar-refractivity contribution in [2.45, 2.75) is 20.3 Å². The molecule has 5 heteroatoms. The van der Waals surface area contributed by atoms with Gasteiger partial charge in [0.15, 0.2) is 0 Å². The molecule has 82 valence electrons. The number of nitrogens with one attached hydrogen (secondary N) is 2. The first-order valence-corrected chi connectivity index (χ1v) is 4.57. The van der Waals surface area contributed by atoms with Gasteiger partial charge in [-0.2, -0.15) is 0 Å². The highest BCUT2D eigenvalue weighted by Gasteiger charge is 2.21. The van der Waals surface area contributed by atoms with Crippen molar-refractivity contribution in [3.63, 3.8) is 0 Å². The number of rotatable bonds is 6. The molecule has 0 aliphatic heterocycles. The van der Waals surface area contributed by atoms with Crippen molar-refractivity contribution < 1.29 is 9.59 Å². The van der Waals surface area contributed by atoms with Crippen LogP contribution < -0.4 is 16.4 Å². The maximum Gasteiger partial charge on any atom is 0.233 e. The first-order chi connectivity index (χ1) is 6.37. The van der Waals surface area contributed by atoms with Gasteiger partial charge in [0.2, 0.25) is 11.8 Å². The third-order valence-corrected chi connectivity index (χ3v) is 1.75. The van der Waals surface area contributed by atoms with Gasteiger partial charge in [0.1, 0.15) is 0 Å². The number of likely N-dealkylation sites (N-methyl/N-ethyl adjacent to an activating group) is 1. The topological polar surface area (TPSA) is 84.2 Å². The Hall–Kier alpha value is -1.10. The van der Waals surface area contributed by atoms with E-state index in [0.29, 0.717) is 6.54 Å². The second-order valence-corrected chi connectivity index (χ2v) is 4.11. The molecule has 0 aliphatic carbocycles. The van der Waals surface area contributed by atoms with Crippen molar-refractivity contribution >= 4 is 11.8 Å². The van der Waals surface area contributed by atoms with E-state index in [4.69, 9.17) is 5.73 Å². The van der Waals surface area contributed by atoms with Crippen LogP contribution in [0.15, 0.2) is 0 Å². The highest BCUT2D eigenvalue weighted by atomic mass is 16.2. The summed E-state index contributed by atoms with van der Waals surface area (Å²) >= 11 is 0. The predicted octanol–water partition coefficient (Wildman–Crippen LogP) is -0.776. The maximum atomic E-state index is 11.1. The standard InChI is InChI=1S/C9H19N3O2/c1-9(2,4-7(10)13)6-12-8(14)5-11-3/h11H,4-6H2,1-3H3,(H2,10,13)(H,12,14). The molecular formula is C9H19N3O2. The van der Waals surface area contributed by atoms with Gasteiger partial charge in [-0.15, -0.1) is 0 Å². The number of carbonyl (C=O) groups is 2. The van der Waals surface area contributed by atoms with E-state index < -0.39 is 0 Å². The largest absolute Gasteiger partial charge is 0.370 e. The lowest BCUT2D eigenvalue weighted by molar-refractivity contribution is -0.122. The second-order valence-electron chi connectivity index (χ2n) is 4.11. The zero-order chi connectivity index (χ0) is 11.2. The summed E-state index contributed by atoms with van der Waals surface area (Å²) in [6, 6.07) is 0. The van der Waals surface area contributed by atoms with E-state index in [-0.39, 0.29) is 30.2 Å². The Morgan fingerprint density at radius 3 is 2.36 bits per heavy atom. The van der Waals surface area contributed by atoms with E-state index in [2.05, 4.69) is 10.6 Å². The van der Waals surface area contributed by atoms with Crippen LogP contribution in [0.25, 0.3) is 0 Å². The Morgan fingerprint density at radius 1 is 1.36 bits per heavy atom. The summed E-state index contributed by atoms with van der Waals surface area (Å²) < 4.78 is 0. The molecule has 0 aromatic rings. The molecule has 0 unspecified atom stereocenters. The molecule has 0 aliphatic rings. The molecule has 5 nitrogen and oxygen atoms in total. The molecular weight excluding hydrogens is 182 g/mol. The van der Waals surface area contributed by atoms with Gasteiger partial charge in [0, 0.05) is 13.0 Å². The van der Waals surface area contributed by atoms with Gasteiger partial charge in [0.25, 0.3) is 0 Å². The molecule has 0 saturated carbocycles. The van der Waals surface area contributed by atoms with Crippen molar-refractivity contribution in [3.8, 4) is 0 Å². The molecule has 0 atom stereocenters. The van der Waals surface area contributed by atoms with Crippen LogP contribution in [0.3, 0.4) is 0 Å².